The molecule has 204 valence electrons. The van der Waals surface area contributed by atoms with Crippen LogP contribution in [0.5, 0.6) is 0 Å². The lowest BCUT2D eigenvalue weighted by atomic mass is 9.65. The predicted molar refractivity (Wildman–Crippen MR) is 166 cm³/mol. The summed E-state index contributed by atoms with van der Waals surface area (Å²) in [5.74, 6) is 0. The molecule has 5 rings (SSSR count). The lowest BCUT2D eigenvalue weighted by molar-refractivity contribution is 0.190. The number of aryl methyl sites for hydroxylation is 1. The van der Waals surface area contributed by atoms with E-state index in [-0.39, 0.29) is 0 Å². The average molecular weight is 521 g/mol. The zero-order valence-corrected chi connectivity index (χ0v) is 24.2. The second-order valence-corrected chi connectivity index (χ2v) is 11.8. The normalized spacial score (nSPS) is 19.9. The molecule has 1 N–H and O–H groups in total. The third-order valence-electron chi connectivity index (χ3n) is 9.07. The van der Waals surface area contributed by atoms with Crippen molar-refractivity contribution in [1.29, 1.82) is 0 Å². The van der Waals surface area contributed by atoms with Crippen molar-refractivity contribution in [2.24, 2.45) is 5.41 Å². The Bertz CT molecular complexity index is 1330. The number of pyridine rings is 1. The van der Waals surface area contributed by atoms with E-state index < -0.39 is 0 Å². The summed E-state index contributed by atoms with van der Waals surface area (Å²) in [6, 6.07) is 9.10. The fourth-order valence-corrected chi connectivity index (χ4v) is 6.49. The van der Waals surface area contributed by atoms with E-state index in [9.17, 15) is 0 Å². The van der Waals surface area contributed by atoms with Gasteiger partial charge in [-0.25, -0.2) is 0 Å². The SMILES string of the molecule is C=C1CC2(CCNCC2)Cc2cc(C(=C)c3cc(C(/C=C\C(=C)N4CCN(C)CC4)=C/C)cnc3C)ccc21. The minimum Gasteiger partial charge on any atom is -0.369 e. The van der Waals surface area contributed by atoms with Gasteiger partial charge in [0.1, 0.15) is 0 Å². The molecule has 2 fully saturated rings. The molecule has 1 aliphatic carbocycles. The van der Waals surface area contributed by atoms with Gasteiger partial charge in [-0.3, -0.25) is 4.98 Å². The first-order valence-corrected chi connectivity index (χ1v) is 14.4. The number of nitrogens with one attached hydrogen (secondary N) is 1. The molecule has 2 aliphatic heterocycles. The van der Waals surface area contributed by atoms with E-state index in [1.54, 1.807) is 0 Å². The highest BCUT2D eigenvalue weighted by Gasteiger charge is 2.37. The van der Waals surface area contributed by atoms with Crippen molar-refractivity contribution in [2.75, 3.05) is 46.3 Å². The topological polar surface area (TPSA) is 31.4 Å². The Kier molecular flexibility index (Phi) is 8.06. The largest absolute Gasteiger partial charge is 0.369 e. The Morgan fingerprint density at radius 1 is 1.00 bits per heavy atom. The number of rotatable bonds is 6. The number of likely N-dealkylation sites (N-methyl/N-ethyl adjacent to an activating group) is 1. The van der Waals surface area contributed by atoms with Crippen LogP contribution in [-0.4, -0.2) is 61.1 Å². The first-order chi connectivity index (χ1) is 18.8. The van der Waals surface area contributed by atoms with Gasteiger partial charge >= 0.3 is 0 Å². The number of hydrogen-bond acceptors (Lipinski definition) is 4. The summed E-state index contributed by atoms with van der Waals surface area (Å²) in [7, 11) is 2.18. The number of piperazine rings is 1. The van der Waals surface area contributed by atoms with Gasteiger partial charge in [0.15, 0.2) is 0 Å². The van der Waals surface area contributed by atoms with Gasteiger partial charge in [0.25, 0.3) is 0 Å². The molecule has 1 aromatic carbocycles. The number of hydrogen-bond donors (Lipinski definition) is 1. The molecule has 2 aromatic rings. The zero-order valence-electron chi connectivity index (χ0n) is 24.2. The van der Waals surface area contributed by atoms with Crippen LogP contribution in [-0.2, 0) is 6.42 Å². The van der Waals surface area contributed by atoms with E-state index in [0.717, 1.165) is 85.8 Å². The van der Waals surface area contributed by atoms with Gasteiger partial charge in [0.2, 0.25) is 0 Å². The number of aromatic nitrogens is 1. The number of piperidine rings is 1. The van der Waals surface area contributed by atoms with Crippen molar-refractivity contribution >= 4 is 16.7 Å². The minimum atomic E-state index is 0.355. The molecule has 0 saturated carbocycles. The van der Waals surface area contributed by atoms with Crippen LogP contribution in [0.15, 0.2) is 74.1 Å². The molecular formula is C35H44N4. The summed E-state index contributed by atoms with van der Waals surface area (Å²) < 4.78 is 0. The van der Waals surface area contributed by atoms with E-state index in [4.69, 9.17) is 4.98 Å². The Morgan fingerprint density at radius 3 is 2.46 bits per heavy atom. The summed E-state index contributed by atoms with van der Waals surface area (Å²) in [5, 5.41) is 3.54. The molecule has 3 aliphatic rings. The molecular weight excluding hydrogens is 476 g/mol. The Balaban J connectivity index is 1.37. The maximum absolute atomic E-state index is 4.79. The molecule has 0 atom stereocenters. The van der Waals surface area contributed by atoms with Gasteiger partial charge in [-0.15, -0.1) is 0 Å². The van der Waals surface area contributed by atoms with Crippen LogP contribution in [0.3, 0.4) is 0 Å². The van der Waals surface area contributed by atoms with Crippen molar-refractivity contribution in [1.82, 2.24) is 20.1 Å². The monoisotopic (exact) mass is 520 g/mol. The maximum atomic E-state index is 4.79. The highest BCUT2D eigenvalue weighted by Crippen LogP contribution is 2.47. The molecule has 4 heteroatoms. The maximum Gasteiger partial charge on any atom is 0.0451 e. The van der Waals surface area contributed by atoms with Gasteiger partial charge in [0, 0.05) is 54.9 Å². The molecule has 3 heterocycles. The fourth-order valence-electron chi connectivity index (χ4n) is 6.49. The van der Waals surface area contributed by atoms with Crippen molar-refractivity contribution in [3.8, 4) is 0 Å². The van der Waals surface area contributed by atoms with Crippen LogP contribution in [0.1, 0.15) is 59.7 Å². The van der Waals surface area contributed by atoms with Crippen LogP contribution in [0.2, 0.25) is 0 Å². The second kappa shape index (κ2) is 11.5. The van der Waals surface area contributed by atoms with E-state index in [1.165, 1.54) is 35.1 Å². The number of allylic oxidation sites excluding steroid dienone is 5. The summed E-state index contributed by atoms with van der Waals surface area (Å²) in [6.45, 7) is 23.9. The van der Waals surface area contributed by atoms with Crippen LogP contribution in [0, 0.1) is 12.3 Å². The summed E-state index contributed by atoms with van der Waals surface area (Å²) >= 11 is 0. The first-order valence-electron chi connectivity index (χ1n) is 14.4. The minimum absolute atomic E-state index is 0.355. The number of benzene rings is 1. The second-order valence-electron chi connectivity index (χ2n) is 11.8. The molecule has 0 bridgehead atoms. The van der Waals surface area contributed by atoms with Crippen molar-refractivity contribution in [2.45, 2.75) is 39.5 Å². The lowest BCUT2D eigenvalue weighted by Gasteiger charge is -2.42. The van der Waals surface area contributed by atoms with Crippen LogP contribution >= 0.6 is 0 Å². The Hall–Kier alpha value is -3.21. The average Bonchev–Trinajstić information content (AvgIpc) is 2.94. The van der Waals surface area contributed by atoms with Crippen LogP contribution < -0.4 is 5.32 Å². The molecule has 0 unspecified atom stereocenters. The highest BCUT2D eigenvalue weighted by molar-refractivity contribution is 5.84. The third kappa shape index (κ3) is 5.88. The van der Waals surface area contributed by atoms with Crippen molar-refractivity contribution in [3.05, 3.63) is 108 Å². The van der Waals surface area contributed by atoms with Gasteiger partial charge in [-0.05, 0) is 111 Å². The van der Waals surface area contributed by atoms with Gasteiger partial charge in [-0.2, -0.15) is 0 Å². The van der Waals surface area contributed by atoms with E-state index in [2.05, 4.69) is 98.2 Å². The lowest BCUT2D eigenvalue weighted by Crippen LogP contribution is -2.43. The molecule has 0 radical (unpaired) electrons. The van der Waals surface area contributed by atoms with Crippen molar-refractivity contribution < 1.29 is 0 Å². The predicted octanol–water partition coefficient (Wildman–Crippen LogP) is 6.50. The molecule has 39 heavy (non-hydrogen) atoms. The van der Waals surface area contributed by atoms with Crippen LogP contribution in [0.4, 0.5) is 0 Å². The molecule has 1 aromatic heterocycles. The van der Waals surface area contributed by atoms with Crippen LogP contribution in [0.25, 0.3) is 16.7 Å². The van der Waals surface area contributed by atoms with E-state index in [1.807, 2.05) is 6.20 Å². The summed E-state index contributed by atoms with van der Waals surface area (Å²) in [4.78, 5) is 9.52. The highest BCUT2D eigenvalue weighted by atomic mass is 15.2. The molecule has 4 nitrogen and oxygen atoms in total. The van der Waals surface area contributed by atoms with E-state index >= 15 is 0 Å². The quantitative estimate of drug-likeness (QED) is 0.441. The standard InChI is InChI=1S/C35H44N4/c1-7-29(9-8-26(3)39-18-16-38(6)17-19-39)32-21-34(28(5)37-24-32)27(4)30-10-11-33-25(2)22-35(23-31(33)20-30)12-14-36-15-13-35/h7-11,20-21,24,36H,2-4,12-19,22-23H2,1,5-6H3/b9-8-,29-7+. The first kappa shape index (κ1) is 27.4. The smallest absolute Gasteiger partial charge is 0.0451 e. The molecule has 0 amide bonds. The third-order valence-corrected chi connectivity index (χ3v) is 9.07. The molecule has 1 spiro atoms. The number of nitrogens with zero attached hydrogens (tertiary/aromatic N) is 3. The van der Waals surface area contributed by atoms with Gasteiger partial charge < -0.3 is 15.1 Å². The molecule has 2 saturated heterocycles. The Morgan fingerprint density at radius 2 is 1.74 bits per heavy atom. The van der Waals surface area contributed by atoms with E-state index in [0.29, 0.717) is 5.41 Å². The van der Waals surface area contributed by atoms with Crippen molar-refractivity contribution in [3.63, 3.8) is 0 Å². The summed E-state index contributed by atoms with van der Waals surface area (Å²) in [6.07, 6.45) is 13.1. The Labute approximate surface area is 235 Å². The number of fused-ring (bicyclic) bond motifs is 1. The van der Waals surface area contributed by atoms with Gasteiger partial charge in [-0.1, -0.05) is 50.1 Å². The summed E-state index contributed by atoms with van der Waals surface area (Å²) in [5.41, 5.74) is 12.0. The zero-order chi connectivity index (χ0) is 27.6. The fraction of sp³-hybridized carbons (Fsp3) is 0.400. The van der Waals surface area contributed by atoms with Gasteiger partial charge in [0.05, 0.1) is 0 Å².